The largest absolute Gasteiger partial charge is 0.366 e. The minimum absolute atomic E-state index is 0.0699. The van der Waals surface area contributed by atoms with Gasteiger partial charge in [0.15, 0.2) is 5.82 Å². The van der Waals surface area contributed by atoms with Crippen LogP contribution in [-0.4, -0.2) is 55.3 Å². The molecule has 1 aliphatic rings. The van der Waals surface area contributed by atoms with Crippen LogP contribution in [0, 0.1) is 0 Å². The molecule has 2 aromatic heterocycles. The summed E-state index contributed by atoms with van der Waals surface area (Å²) >= 11 is 1.10. The van der Waals surface area contributed by atoms with Crippen LogP contribution < -0.4 is 0 Å². The molecule has 106 valence electrons. The fraction of sp³-hybridized carbons (Fsp3) is 0.545. The highest BCUT2D eigenvalue weighted by Gasteiger charge is 2.29. The molecule has 0 radical (unpaired) electrons. The molecular weight excluding hydrogens is 280 g/mol. The number of hydrogen-bond acceptors (Lipinski definition) is 7. The quantitative estimate of drug-likeness (QED) is 0.882. The molecule has 2 aromatic rings. The number of carbonyl (C=O) groups is 1. The van der Waals surface area contributed by atoms with Crippen molar-refractivity contribution < 1.29 is 9.53 Å². The molecule has 0 spiro atoms. The van der Waals surface area contributed by atoms with Crippen LogP contribution in [-0.2, 0) is 11.2 Å². The van der Waals surface area contributed by atoms with E-state index in [4.69, 9.17) is 4.74 Å². The van der Waals surface area contributed by atoms with Crippen molar-refractivity contribution in [2.75, 3.05) is 19.7 Å². The molecule has 0 aromatic carbocycles. The Morgan fingerprint density at radius 1 is 1.65 bits per heavy atom. The Hall–Kier alpha value is -1.87. The number of nitrogens with zero attached hydrogens (tertiary/aromatic N) is 5. The number of H-pyrrole nitrogens is 1. The zero-order valence-electron chi connectivity index (χ0n) is 10.9. The smallest absolute Gasteiger partial charge is 0.267 e. The predicted octanol–water partition coefficient (Wildman–Crippen LogP) is 0.432. The number of carbonyl (C=O) groups excluding carboxylic acids is 1. The molecule has 20 heavy (non-hydrogen) atoms. The minimum Gasteiger partial charge on any atom is -0.366 e. The van der Waals surface area contributed by atoms with Crippen LogP contribution in [0.2, 0.25) is 0 Å². The van der Waals surface area contributed by atoms with E-state index in [1.807, 2.05) is 6.92 Å². The van der Waals surface area contributed by atoms with Gasteiger partial charge in [-0.1, -0.05) is 11.4 Å². The van der Waals surface area contributed by atoms with E-state index >= 15 is 0 Å². The van der Waals surface area contributed by atoms with Gasteiger partial charge in [-0.25, -0.2) is 4.98 Å². The second kappa shape index (κ2) is 5.63. The first-order valence-corrected chi connectivity index (χ1v) is 7.14. The first-order chi connectivity index (χ1) is 9.78. The van der Waals surface area contributed by atoms with E-state index in [-0.39, 0.29) is 12.0 Å². The van der Waals surface area contributed by atoms with Crippen LogP contribution in [0.3, 0.4) is 0 Å². The van der Waals surface area contributed by atoms with Gasteiger partial charge in [0.25, 0.3) is 5.91 Å². The molecule has 3 heterocycles. The van der Waals surface area contributed by atoms with Crippen molar-refractivity contribution in [3.8, 4) is 0 Å². The number of morpholine rings is 1. The zero-order valence-corrected chi connectivity index (χ0v) is 11.8. The number of amides is 1. The molecule has 9 heteroatoms. The molecular formula is C11H14N6O2S. The highest BCUT2D eigenvalue weighted by molar-refractivity contribution is 7.07. The fourth-order valence-corrected chi connectivity index (χ4v) is 2.50. The van der Waals surface area contributed by atoms with Crippen molar-refractivity contribution in [3.05, 3.63) is 22.7 Å². The van der Waals surface area contributed by atoms with E-state index in [0.717, 1.165) is 23.8 Å². The van der Waals surface area contributed by atoms with Crippen molar-refractivity contribution >= 4 is 17.4 Å². The fourth-order valence-electron chi connectivity index (χ4n) is 2.02. The number of rotatable bonds is 3. The number of ether oxygens (including phenoxy) is 1. The lowest BCUT2D eigenvalue weighted by atomic mass is 10.2. The summed E-state index contributed by atoms with van der Waals surface area (Å²) in [6, 6.07) is 0. The third kappa shape index (κ3) is 2.54. The number of aromatic nitrogens is 5. The number of nitrogens with one attached hydrogen (secondary N) is 1. The maximum Gasteiger partial charge on any atom is 0.267 e. The highest BCUT2D eigenvalue weighted by atomic mass is 32.1. The summed E-state index contributed by atoms with van der Waals surface area (Å²) in [5.41, 5.74) is 0. The van der Waals surface area contributed by atoms with Crippen LogP contribution in [0.1, 0.15) is 34.3 Å². The second-order valence-corrected chi connectivity index (χ2v) is 5.17. The van der Waals surface area contributed by atoms with Gasteiger partial charge in [0.2, 0.25) is 0 Å². The van der Waals surface area contributed by atoms with Crippen molar-refractivity contribution in [1.29, 1.82) is 0 Å². The van der Waals surface area contributed by atoms with Gasteiger partial charge < -0.3 is 9.64 Å². The van der Waals surface area contributed by atoms with Gasteiger partial charge in [0.1, 0.15) is 16.8 Å². The molecule has 8 nitrogen and oxygen atoms in total. The van der Waals surface area contributed by atoms with Crippen molar-refractivity contribution in [3.63, 3.8) is 0 Å². The molecule has 0 unspecified atom stereocenters. The Kier molecular flexibility index (Phi) is 3.70. The summed E-state index contributed by atoms with van der Waals surface area (Å²) < 4.78 is 9.37. The zero-order chi connectivity index (χ0) is 13.9. The Labute approximate surface area is 119 Å². The number of aromatic amines is 1. The van der Waals surface area contributed by atoms with Crippen molar-refractivity contribution in [2.45, 2.75) is 19.4 Å². The lowest BCUT2D eigenvalue weighted by Crippen LogP contribution is -2.42. The van der Waals surface area contributed by atoms with Gasteiger partial charge in [-0.15, -0.1) is 5.10 Å². The van der Waals surface area contributed by atoms with Gasteiger partial charge >= 0.3 is 0 Å². The van der Waals surface area contributed by atoms with Crippen LogP contribution >= 0.6 is 11.5 Å². The second-order valence-electron chi connectivity index (χ2n) is 4.39. The van der Waals surface area contributed by atoms with E-state index in [2.05, 4.69) is 24.8 Å². The minimum atomic E-state index is -0.287. The molecule has 1 amide bonds. The average molecular weight is 294 g/mol. The number of aryl methyl sites for hydroxylation is 1. The van der Waals surface area contributed by atoms with Gasteiger partial charge in [0.05, 0.1) is 19.3 Å². The average Bonchev–Trinajstić information content (AvgIpc) is 3.17. The van der Waals surface area contributed by atoms with Gasteiger partial charge in [-0.05, 0) is 11.5 Å². The summed E-state index contributed by atoms with van der Waals surface area (Å²) in [6.07, 6.45) is 1.99. The summed E-state index contributed by atoms with van der Waals surface area (Å²) in [5, 5.41) is 10.7. The molecule has 1 fully saturated rings. The van der Waals surface area contributed by atoms with Crippen LogP contribution in [0.5, 0.6) is 0 Å². The third-order valence-corrected chi connectivity index (χ3v) is 3.75. The van der Waals surface area contributed by atoms with Crippen molar-refractivity contribution in [2.24, 2.45) is 0 Å². The molecule has 0 saturated carbocycles. The van der Waals surface area contributed by atoms with E-state index in [1.165, 1.54) is 6.20 Å². The first-order valence-electron chi connectivity index (χ1n) is 6.37. The Morgan fingerprint density at radius 2 is 2.55 bits per heavy atom. The van der Waals surface area contributed by atoms with Crippen molar-refractivity contribution in [1.82, 2.24) is 29.7 Å². The van der Waals surface area contributed by atoms with Crippen LogP contribution in [0.25, 0.3) is 0 Å². The van der Waals surface area contributed by atoms with Gasteiger partial charge in [-0.2, -0.15) is 5.10 Å². The Bertz CT molecular complexity index is 584. The molecule has 0 aliphatic carbocycles. The van der Waals surface area contributed by atoms with E-state index in [9.17, 15) is 4.79 Å². The van der Waals surface area contributed by atoms with Gasteiger partial charge in [-0.3, -0.25) is 9.89 Å². The molecule has 0 bridgehead atoms. The molecule has 1 aliphatic heterocycles. The molecule has 1 N–H and O–H groups in total. The van der Waals surface area contributed by atoms with Gasteiger partial charge in [0, 0.05) is 13.0 Å². The highest BCUT2D eigenvalue weighted by Crippen LogP contribution is 2.21. The predicted molar refractivity (Wildman–Crippen MR) is 70.3 cm³/mol. The summed E-state index contributed by atoms with van der Waals surface area (Å²) in [4.78, 5) is 18.9. The standard InChI is InChI=1S/C11H14N6O2S/c1-2-9-13-10(15-14-9)7-6-17(3-4-19-7)11(18)8-5-12-16-20-8/h5,7H,2-4,6H2,1H3,(H,13,14,15)/t7-/m1/s1. The number of hydrogen-bond donors (Lipinski definition) is 1. The summed E-state index contributed by atoms with van der Waals surface area (Å²) in [7, 11) is 0. The summed E-state index contributed by atoms with van der Waals surface area (Å²) in [6.45, 7) is 3.47. The van der Waals surface area contributed by atoms with E-state index in [1.54, 1.807) is 4.90 Å². The maximum atomic E-state index is 12.3. The van der Waals surface area contributed by atoms with E-state index in [0.29, 0.717) is 30.4 Å². The lowest BCUT2D eigenvalue weighted by Gasteiger charge is -2.31. The molecule has 1 atom stereocenters. The molecule has 3 rings (SSSR count). The SMILES string of the molecule is CCc1nc([C@H]2CN(C(=O)c3cnns3)CCO2)n[nH]1. The Morgan fingerprint density at radius 3 is 3.25 bits per heavy atom. The monoisotopic (exact) mass is 294 g/mol. The normalized spacial score (nSPS) is 19.2. The van der Waals surface area contributed by atoms with Crippen LogP contribution in [0.15, 0.2) is 6.20 Å². The first kappa shape index (κ1) is 13.1. The topological polar surface area (TPSA) is 96.9 Å². The summed E-state index contributed by atoms with van der Waals surface area (Å²) in [5.74, 6) is 1.35. The third-order valence-electron chi connectivity index (χ3n) is 3.10. The molecule has 1 saturated heterocycles. The Balaban J connectivity index is 1.71. The lowest BCUT2D eigenvalue weighted by molar-refractivity contribution is -0.0265. The maximum absolute atomic E-state index is 12.3. The van der Waals surface area contributed by atoms with Crippen LogP contribution in [0.4, 0.5) is 0 Å². The van der Waals surface area contributed by atoms with E-state index < -0.39 is 0 Å².